The van der Waals surface area contributed by atoms with Crippen LogP contribution in [0.4, 0.5) is 0 Å². The third-order valence-electron chi connectivity index (χ3n) is 9.50. The van der Waals surface area contributed by atoms with Crippen molar-refractivity contribution in [1.82, 2.24) is 0 Å². The minimum absolute atomic E-state index is 0.0499. The molecule has 0 rings (SSSR count). The van der Waals surface area contributed by atoms with Crippen LogP contribution in [0, 0.1) is 0 Å². The Bertz CT molecular complexity index is 1000. The van der Waals surface area contributed by atoms with Gasteiger partial charge in [-0.15, -0.1) is 0 Å². The van der Waals surface area contributed by atoms with Crippen molar-refractivity contribution in [1.29, 1.82) is 0 Å². The molecule has 55 heavy (non-hydrogen) atoms. The van der Waals surface area contributed by atoms with E-state index in [1.165, 1.54) is 122 Å². The Kier molecular flexibility index (Phi) is 40.5. The van der Waals surface area contributed by atoms with E-state index in [1.807, 2.05) is 0 Å². The summed E-state index contributed by atoms with van der Waals surface area (Å²) < 4.78 is 32.8. The number of phosphoric acid groups is 1. The van der Waals surface area contributed by atoms with Gasteiger partial charge in [-0.3, -0.25) is 18.6 Å². The van der Waals surface area contributed by atoms with E-state index < -0.39 is 26.5 Å². The lowest BCUT2D eigenvalue weighted by Crippen LogP contribution is -2.29. The van der Waals surface area contributed by atoms with E-state index in [1.54, 1.807) is 0 Å². The van der Waals surface area contributed by atoms with E-state index in [0.717, 1.165) is 51.4 Å². The molecule has 0 aromatic heterocycles. The van der Waals surface area contributed by atoms with Crippen molar-refractivity contribution in [2.75, 3.05) is 26.4 Å². The summed E-state index contributed by atoms with van der Waals surface area (Å²) in [6.07, 6.45) is 46.0. The fourth-order valence-electron chi connectivity index (χ4n) is 6.13. The van der Waals surface area contributed by atoms with Crippen LogP contribution in [0.2, 0.25) is 0 Å². The molecule has 0 saturated heterocycles. The Labute approximate surface area is 337 Å². The van der Waals surface area contributed by atoms with Crippen molar-refractivity contribution in [3.8, 4) is 0 Å². The maximum Gasteiger partial charge on any atom is 0.472 e. The van der Waals surface area contributed by atoms with Gasteiger partial charge in [-0.05, 0) is 70.6 Å². The van der Waals surface area contributed by atoms with Gasteiger partial charge in [0.15, 0.2) is 6.10 Å². The van der Waals surface area contributed by atoms with Gasteiger partial charge >= 0.3 is 19.8 Å². The summed E-state index contributed by atoms with van der Waals surface area (Å²) >= 11 is 0. The zero-order valence-corrected chi connectivity index (χ0v) is 36.3. The molecule has 0 bridgehead atoms. The van der Waals surface area contributed by atoms with Crippen LogP contribution in [0.15, 0.2) is 36.5 Å². The van der Waals surface area contributed by atoms with Crippen molar-refractivity contribution in [3.63, 3.8) is 0 Å². The number of esters is 2. The second-order valence-electron chi connectivity index (χ2n) is 14.9. The van der Waals surface area contributed by atoms with E-state index in [2.05, 4.69) is 50.3 Å². The number of rotatable bonds is 42. The molecular weight excluding hydrogens is 713 g/mol. The summed E-state index contributed by atoms with van der Waals surface area (Å²) in [7, 11) is -4.38. The predicted octanol–water partition coefficient (Wildman–Crippen LogP) is 12.9. The van der Waals surface area contributed by atoms with Gasteiger partial charge in [-0.25, -0.2) is 4.57 Å². The Hall–Kier alpha value is -1.77. The smallest absolute Gasteiger partial charge is 0.462 e. The number of nitrogens with two attached hydrogens (primary N) is 1. The first-order valence-electron chi connectivity index (χ1n) is 22.5. The highest BCUT2D eigenvalue weighted by Gasteiger charge is 2.26. The molecule has 0 aliphatic carbocycles. The topological polar surface area (TPSA) is 134 Å². The van der Waals surface area contributed by atoms with Crippen molar-refractivity contribution in [3.05, 3.63) is 36.5 Å². The van der Waals surface area contributed by atoms with Gasteiger partial charge in [-0.2, -0.15) is 0 Å². The SMILES string of the molecule is CCCCC/C=C/C/C=C/CCCCCCCCCCCC(=O)OC[C@H](COP(=O)(O)OCCN)OC(=O)CCCC/C=C/CCCCCCCCCCC. The van der Waals surface area contributed by atoms with Gasteiger partial charge in [0.25, 0.3) is 0 Å². The molecule has 9 nitrogen and oxygen atoms in total. The van der Waals surface area contributed by atoms with E-state index in [-0.39, 0.29) is 38.6 Å². The zero-order valence-electron chi connectivity index (χ0n) is 35.4. The predicted molar refractivity (Wildman–Crippen MR) is 229 cm³/mol. The lowest BCUT2D eigenvalue weighted by molar-refractivity contribution is -0.161. The van der Waals surface area contributed by atoms with E-state index in [4.69, 9.17) is 24.3 Å². The third kappa shape index (κ3) is 41.7. The Morgan fingerprint density at radius 2 is 0.945 bits per heavy atom. The lowest BCUT2D eigenvalue weighted by atomic mass is 10.1. The van der Waals surface area contributed by atoms with Crippen LogP contribution in [-0.4, -0.2) is 49.3 Å². The van der Waals surface area contributed by atoms with Crippen molar-refractivity contribution in [2.24, 2.45) is 5.73 Å². The summed E-state index contributed by atoms with van der Waals surface area (Å²) in [5.74, 6) is -0.855. The molecule has 2 atom stereocenters. The molecule has 0 aliphatic heterocycles. The van der Waals surface area contributed by atoms with Gasteiger partial charge in [0, 0.05) is 19.4 Å². The number of hydrogen-bond acceptors (Lipinski definition) is 8. The monoisotopic (exact) mass is 798 g/mol. The van der Waals surface area contributed by atoms with Crippen LogP contribution in [0.1, 0.15) is 206 Å². The summed E-state index contributed by atoms with van der Waals surface area (Å²) in [5.41, 5.74) is 5.35. The quantitative estimate of drug-likeness (QED) is 0.0268. The minimum Gasteiger partial charge on any atom is -0.462 e. The van der Waals surface area contributed by atoms with Gasteiger partial charge in [0.1, 0.15) is 6.61 Å². The first-order chi connectivity index (χ1) is 26.8. The summed E-state index contributed by atoms with van der Waals surface area (Å²) in [5, 5.41) is 0. The molecule has 0 heterocycles. The number of ether oxygens (including phenoxy) is 2. The highest BCUT2D eigenvalue weighted by molar-refractivity contribution is 7.47. The van der Waals surface area contributed by atoms with Gasteiger partial charge in [-0.1, -0.05) is 159 Å². The summed E-state index contributed by atoms with van der Waals surface area (Å²) in [4.78, 5) is 34.9. The highest BCUT2D eigenvalue weighted by Crippen LogP contribution is 2.43. The average molecular weight is 798 g/mol. The Balaban J connectivity index is 4.14. The van der Waals surface area contributed by atoms with Crippen molar-refractivity contribution >= 4 is 19.8 Å². The van der Waals surface area contributed by atoms with Crippen LogP contribution in [-0.2, 0) is 32.7 Å². The van der Waals surface area contributed by atoms with Gasteiger partial charge in [0.05, 0.1) is 13.2 Å². The van der Waals surface area contributed by atoms with Gasteiger partial charge in [0.2, 0.25) is 0 Å². The second kappa shape index (κ2) is 41.9. The normalized spacial score (nSPS) is 13.6. The molecule has 3 N–H and O–H groups in total. The number of phosphoric ester groups is 1. The first kappa shape index (κ1) is 53.2. The third-order valence-corrected chi connectivity index (χ3v) is 10.5. The Morgan fingerprint density at radius 3 is 1.47 bits per heavy atom. The summed E-state index contributed by atoms with van der Waals surface area (Å²) in [6, 6.07) is 0. The van der Waals surface area contributed by atoms with Crippen molar-refractivity contribution in [2.45, 2.75) is 213 Å². The fraction of sp³-hybridized carbons (Fsp3) is 0.822. The molecule has 0 fully saturated rings. The largest absolute Gasteiger partial charge is 0.472 e. The fourth-order valence-corrected chi connectivity index (χ4v) is 6.89. The Morgan fingerprint density at radius 1 is 0.545 bits per heavy atom. The van der Waals surface area contributed by atoms with Crippen LogP contribution in [0.3, 0.4) is 0 Å². The number of allylic oxidation sites excluding steroid dienone is 6. The minimum atomic E-state index is -4.38. The standard InChI is InChI=1S/C45H84NO8P/c1-3-5-7-9-11-13-15-17-19-20-21-22-24-25-27-29-31-33-35-37-44(47)51-41-43(42-53-55(49,50)52-40-39-46)54-45(48)38-36-34-32-30-28-26-23-18-16-14-12-10-8-6-4-2/h11,13,17,19,28,30,43H,3-10,12,14-16,18,20-27,29,31-42,46H2,1-2H3,(H,49,50)/b13-11+,19-17+,30-28+/t43-/m1/s1. The van der Waals surface area contributed by atoms with E-state index in [9.17, 15) is 19.0 Å². The molecule has 0 aliphatic rings. The first-order valence-corrected chi connectivity index (χ1v) is 24.0. The molecular formula is C45H84NO8P. The van der Waals surface area contributed by atoms with Crippen LogP contribution >= 0.6 is 7.82 Å². The van der Waals surface area contributed by atoms with Crippen LogP contribution in [0.5, 0.6) is 0 Å². The van der Waals surface area contributed by atoms with Crippen molar-refractivity contribution < 1.29 is 37.6 Å². The maximum absolute atomic E-state index is 12.6. The maximum atomic E-state index is 12.6. The number of carbonyl (C=O) groups is 2. The second-order valence-corrected chi connectivity index (χ2v) is 16.4. The molecule has 10 heteroatoms. The van der Waals surface area contributed by atoms with E-state index >= 15 is 0 Å². The molecule has 0 saturated carbocycles. The number of unbranched alkanes of at least 4 members (excludes halogenated alkanes) is 23. The number of hydrogen-bond donors (Lipinski definition) is 2. The lowest BCUT2D eigenvalue weighted by Gasteiger charge is -2.19. The van der Waals surface area contributed by atoms with E-state index in [0.29, 0.717) is 6.42 Å². The highest BCUT2D eigenvalue weighted by atomic mass is 31.2. The molecule has 0 radical (unpaired) electrons. The zero-order chi connectivity index (χ0) is 40.3. The average Bonchev–Trinajstić information content (AvgIpc) is 3.17. The summed E-state index contributed by atoms with van der Waals surface area (Å²) in [6.45, 7) is 3.69. The number of carbonyl (C=O) groups excluding carboxylic acids is 2. The molecule has 0 amide bonds. The molecule has 0 aromatic rings. The van der Waals surface area contributed by atoms with Crippen LogP contribution < -0.4 is 5.73 Å². The van der Waals surface area contributed by atoms with Crippen LogP contribution in [0.25, 0.3) is 0 Å². The molecule has 0 spiro atoms. The molecule has 322 valence electrons. The van der Waals surface area contributed by atoms with Gasteiger partial charge < -0.3 is 20.1 Å². The molecule has 1 unspecified atom stereocenters. The molecule has 0 aromatic carbocycles.